The molecule has 0 aromatic heterocycles. The molecular formula is C15H20N2O6. The largest absolute Gasteiger partial charge is 0.491 e. The molecule has 0 aliphatic carbocycles. The third-order valence-electron chi connectivity index (χ3n) is 3.52. The van der Waals surface area contributed by atoms with Crippen LogP contribution in [0.15, 0.2) is 18.2 Å². The van der Waals surface area contributed by atoms with E-state index in [9.17, 15) is 9.90 Å². The SMILES string of the molecule is O=C(NCC(O)COc1ccc2c(c1)OCO2)C1CNCCO1. The quantitative estimate of drug-likeness (QED) is 0.634. The monoisotopic (exact) mass is 324 g/mol. The summed E-state index contributed by atoms with van der Waals surface area (Å²) in [4.78, 5) is 11.8. The predicted molar refractivity (Wildman–Crippen MR) is 79.7 cm³/mol. The van der Waals surface area contributed by atoms with Gasteiger partial charge in [-0.05, 0) is 12.1 Å². The number of hydrogen-bond acceptors (Lipinski definition) is 7. The van der Waals surface area contributed by atoms with Crippen molar-refractivity contribution in [2.45, 2.75) is 12.2 Å². The number of rotatable bonds is 6. The molecule has 2 atom stereocenters. The highest BCUT2D eigenvalue weighted by molar-refractivity contribution is 5.81. The highest BCUT2D eigenvalue weighted by Crippen LogP contribution is 2.35. The minimum atomic E-state index is -0.819. The van der Waals surface area contributed by atoms with Crippen molar-refractivity contribution in [1.29, 1.82) is 0 Å². The molecule has 1 aromatic rings. The number of hydrogen-bond donors (Lipinski definition) is 3. The van der Waals surface area contributed by atoms with Crippen LogP contribution in [-0.2, 0) is 9.53 Å². The smallest absolute Gasteiger partial charge is 0.250 e. The highest BCUT2D eigenvalue weighted by Gasteiger charge is 2.22. The van der Waals surface area contributed by atoms with E-state index in [4.69, 9.17) is 18.9 Å². The summed E-state index contributed by atoms with van der Waals surface area (Å²) in [5.41, 5.74) is 0. The molecule has 2 aliphatic heterocycles. The van der Waals surface area contributed by atoms with E-state index >= 15 is 0 Å². The molecule has 2 unspecified atom stereocenters. The predicted octanol–water partition coefficient (Wildman–Crippen LogP) is -0.740. The summed E-state index contributed by atoms with van der Waals surface area (Å²) < 4.78 is 21.3. The lowest BCUT2D eigenvalue weighted by Gasteiger charge is -2.23. The maximum absolute atomic E-state index is 11.8. The van der Waals surface area contributed by atoms with E-state index in [2.05, 4.69) is 10.6 Å². The molecule has 1 saturated heterocycles. The van der Waals surface area contributed by atoms with Gasteiger partial charge in [-0.25, -0.2) is 0 Å². The minimum Gasteiger partial charge on any atom is -0.491 e. The van der Waals surface area contributed by atoms with Gasteiger partial charge in [-0.2, -0.15) is 0 Å². The standard InChI is InChI=1S/C15H20N2O6/c18-10(6-17-15(19)14-7-16-3-4-20-14)8-21-11-1-2-12-13(5-11)23-9-22-12/h1-2,5,10,14,16,18H,3-4,6-9H2,(H,17,19). The van der Waals surface area contributed by atoms with Crippen molar-refractivity contribution in [3.8, 4) is 17.2 Å². The lowest BCUT2D eigenvalue weighted by Crippen LogP contribution is -2.49. The molecule has 23 heavy (non-hydrogen) atoms. The first kappa shape index (κ1) is 15.9. The van der Waals surface area contributed by atoms with Crippen LogP contribution in [0.2, 0.25) is 0 Å². The summed E-state index contributed by atoms with van der Waals surface area (Å²) in [5.74, 6) is 1.62. The van der Waals surface area contributed by atoms with Crippen LogP contribution in [0.4, 0.5) is 0 Å². The first-order valence-corrected chi connectivity index (χ1v) is 7.53. The van der Waals surface area contributed by atoms with Crippen LogP contribution in [0.5, 0.6) is 17.2 Å². The molecule has 0 radical (unpaired) electrons. The van der Waals surface area contributed by atoms with Gasteiger partial charge in [0, 0.05) is 25.7 Å². The highest BCUT2D eigenvalue weighted by atomic mass is 16.7. The summed E-state index contributed by atoms with van der Waals surface area (Å²) in [5, 5.41) is 15.6. The summed E-state index contributed by atoms with van der Waals surface area (Å²) >= 11 is 0. The number of amides is 1. The van der Waals surface area contributed by atoms with Crippen LogP contribution in [-0.4, -0.2) is 62.9 Å². The summed E-state index contributed by atoms with van der Waals surface area (Å²) in [6.45, 7) is 2.09. The third-order valence-corrected chi connectivity index (χ3v) is 3.52. The molecule has 8 heteroatoms. The Labute approximate surface area is 133 Å². The zero-order valence-electron chi connectivity index (χ0n) is 12.6. The maximum Gasteiger partial charge on any atom is 0.250 e. The van der Waals surface area contributed by atoms with Crippen LogP contribution < -0.4 is 24.8 Å². The molecule has 0 bridgehead atoms. The van der Waals surface area contributed by atoms with Crippen molar-refractivity contribution >= 4 is 5.91 Å². The Kier molecular flexibility index (Phi) is 5.16. The molecule has 2 aliphatic rings. The van der Waals surface area contributed by atoms with Crippen molar-refractivity contribution in [3.05, 3.63) is 18.2 Å². The average Bonchev–Trinajstić information content (AvgIpc) is 3.06. The van der Waals surface area contributed by atoms with Gasteiger partial charge in [0.05, 0.1) is 6.61 Å². The first-order chi connectivity index (χ1) is 11.2. The molecule has 0 saturated carbocycles. The van der Waals surface area contributed by atoms with Gasteiger partial charge in [-0.3, -0.25) is 4.79 Å². The van der Waals surface area contributed by atoms with E-state index in [0.717, 1.165) is 6.54 Å². The van der Waals surface area contributed by atoms with Gasteiger partial charge < -0.3 is 34.7 Å². The second-order valence-electron chi connectivity index (χ2n) is 5.29. The van der Waals surface area contributed by atoms with Gasteiger partial charge >= 0.3 is 0 Å². The summed E-state index contributed by atoms with van der Waals surface area (Å²) in [6, 6.07) is 5.19. The van der Waals surface area contributed by atoms with Gasteiger partial charge in [0.1, 0.15) is 24.6 Å². The van der Waals surface area contributed by atoms with Crippen LogP contribution in [0.1, 0.15) is 0 Å². The van der Waals surface area contributed by atoms with E-state index in [1.807, 2.05) is 0 Å². The van der Waals surface area contributed by atoms with Crippen molar-refractivity contribution in [2.75, 3.05) is 39.6 Å². The maximum atomic E-state index is 11.8. The Balaban J connectivity index is 1.39. The van der Waals surface area contributed by atoms with Gasteiger partial charge in [0.15, 0.2) is 11.5 Å². The van der Waals surface area contributed by atoms with Crippen LogP contribution in [0.25, 0.3) is 0 Å². The fraction of sp³-hybridized carbons (Fsp3) is 0.533. The Morgan fingerprint density at radius 1 is 1.43 bits per heavy atom. The minimum absolute atomic E-state index is 0.0592. The number of fused-ring (bicyclic) bond motifs is 1. The van der Waals surface area contributed by atoms with Crippen LogP contribution in [0.3, 0.4) is 0 Å². The first-order valence-electron chi connectivity index (χ1n) is 7.53. The molecule has 1 amide bonds. The molecule has 1 fully saturated rings. The Hall–Kier alpha value is -2.03. The molecule has 2 heterocycles. The zero-order valence-corrected chi connectivity index (χ0v) is 12.6. The molecule has 3 rings (SSSR count). The number of carbonyl (C=O) groups is 1. The summed E-state index contributed by atoms with van der Waals surface area (Å²) in [7, 11) is 0. The van der Waals surface area contributed by atoms with E-state index in [1.165, 1.54) is 0 Å². The number of ether oxygens (including phenoxy) is 4. The van der Waals surface area contributed by atoms with Crippen LogP contribution >= 0.6 is 0 Å². The Morgan fingerprint density at radius 3 is 3.13 bits per heavy atom. The molecule has 8 nitrogen and oxygen atoms in total. The molecule has 0 spiro atoms. The van der Waals surface area contributed by atoms with Crippen molar-refractivity contribution in [2.24, 2.45) is 0 Å². The number of carbonyl (C=O) groups excluding carboxylic acids is 1. The lowest BCUT2D eigenvalue weighted by atomic mass is 10.2. The molecule has 126 valence electrons. The van der Waals surface area contributed by atoms with Gasteiger partial charge in [-0.15, -0.1) is 0 Å². The van der Waals surface area contributed by atoms with Crippen molar-refractivity contribution < 1.29 is 28.8 Å². The van der Waals surface area contributed by atoms with Crippen molar-refractivity contribution in [1.82, 2.24) is 10.6 Å². The molecular weight excluding hydrogens is 304 g/mol. The Morgan fingerprint density at radius 2 is 2.30 bits per heavy atom. The van der Waals surface area contributed by atoms with Crippen LogP contribution in [0, 0.1) is 0 Å². The fourth-order valence-corrected chi connectivity index (χ4v) is 2.28. The van der Waals surface area contributed by atoms with E-state index < -0.39 is 12.2 Å². The average molecular weight is 324 g/mol. The third kappa shape index (κ3) is 4.25. The number of morpholine rings is 1. The number of aliphatic hydroxyl groups is 1. The Bertz CT molecular complexity index is 547. The fourth-order valence-electron chi connectivity index (χ4n) is 2.28. The summed E-state index contributed by atoms with van der Waals surface area (Å²) in [6.07, 6.45) is -1.33. The number of aliphatic hydroxyl groups excluding tert-OH is 1. The zero-order chi connectivity index (χ0) is 16.1. The number of nitrogens with one attached hydrogen (secondary N) is 2. The van der Waals surface area contributed by atoms with Gasteiger partial charge in [0.25, 0.3) is 5.91 Å². The van der Waals surface area contributed by atoms with E-state index in [-0.39, 0.29) is 25.9 Å². The van der Waals surface area contributed by atoms with Gasteiger partial charge in [-0.1, -0.05) is 0 Å². The second kappa shape index (κ2) is 7.49. The lowest BCUT2D eigenvalue weighted by molar-refractivity contribution is -0.134. The van der Waals surface area contributed by atoms with E-state index in [1.54, 1.807) is 18.2 Å². The molecule has 3 N–H and O–H groups in total. The topological polar surface area (TPSA) is 98.3 Å². The second-order valence-corrected chi connectivity index (χ2v) is 5.29. The normalized spacial score (nSPS) is 20.8. The molecule has 1 aromatic carbocycles. The number of benzene rings is 1. The van der Waals surface area contributed by atoms with Gasteiger partial charge in [0.2, 0.25) is 6.79 Å². The van der Waals surface area contributed by atoms with E-state index in [0.29, 0.717) is 30.4 Å². The van der Waals surface area contributed by atoms with Crippen molar-refractivity contribution in [3.63, 3.8) is 0 Å².